The molecule has 2 aromatic carbocycles. The number of amidine groups is 1. The van der Waals surface area contributed by atoms with Crippen LogP contribution in [0.5, 0.6) is 5.75 Å². The number of hydrogen-bond acceptors (Lipinski definition) is 7. The quantitative estimate of drug-likeness (QED) is 0.518. The van der Waals surface area contributed by atoms with Gasteiger partial charge in [-0.25, -0.2) is 9.79 Å². The van der Waals surface area contributed by atoms with Crippen LogP contribution >= 0.6 is 11.8 Å². The Balaban J connectivity index is 1.64. The summed E-state index contributed by atoms with van der Waals surface area (Å²) in [5.74, 6) is 0.190. The second kappa shape index (κ2) is 10.8. The lowest BCUT2D eigenvalue weighted by Crippen LogP contribution is -2.38. The number of fused-ring (bicyclic) bond motifs is 1. The maximum Gasteiger partial charge on any atom is 0.338 e. The number of thioether (sulfide) groups is 1. The van der Waals surface area contributed by atoms with Crippen molar-refractivity contribution >= 4 is 28.8 Å². The molecule has 0 aromatic heterocycles. The third-order valence-corrected chi connectivity index (χ3v) is 6.97. The van der Waals surface area contributed by atoms with Crippen molar-refractivity contribution in [2.75, 3.05) is 14.2 Å². The Labute approximate surface area is 209 Å². The van der Waals surface area contributed by atoms with E-state index < -0.39 is 12.0 Å². The molecule has 1 N–H and O–H groups in total. The fraction of sp³-hybridized carbons (Fsp3) is 0.296. The lowest BCUT2D eigenvalue weighted by Gasteiger charge is -2.36. The number of nitrogens with one attached hydrogen (secondary N) is 1. The Hall–Kier alpha value is -3.52. The summed E-state index contributed by atoms with van der Waals surface area (Å²) in [6.07, 6.45) is 0.741. The Kier molecular flexibility index (Phi) is 7.60. The van der Waals surface area contributed by atoms with Crippen molar-refractivity contribution in [3.63, 3.8) is 0 Å². The fourth-order valence-corrected chi connectivity index (χ4v) is 5.23. The summed E-state index contributed by atoms with van der Waals surface area (Å²) in [5.41, 5.74) is 3.87. The average Bonchev–Trinajstić information content (AvgIpc) is 3.29. The van der Waals surface area contributed by atoms with Crippen LogP contribution in [0.15, 0.2) is 82.0 Å². The molecule has 2 aliphatic rings. The number of nitrogens with zero attached hydrogens (tertiary/aromatic N) is 2. The topological polar surface area (TPSA) is 80.2 Å². The highest BCUT2D eigenvalue weighted by atomic mass is 32.2. The molecule has 0 saturated carbocycles. The Morgan fingerprint density at radius 2 is 1.83 bits per heavy atom. The van der Waals surface area contributed by atoms with E-state index >= 15 is 0 Å². The first kappa shape index (κ1) is 24.6. The van der Waals surface area contributed by atoms with Crippen LogP contribution in [0, 0.1) is 0 Å². The molecule has 0 fully saturated rings. The van der Waals surface area contributed by atoms with Crippen molar-refractivity contribution in [1.29, 1.82) is 0 Å². The number of ether oxygens (including phenoxy) is 2. The van der Waals surface area contributed by atoms with E-state index in [2.05, 4.69) is 5.32 Å². The first-order chi connectivity index (χ1) is 17.0. The second-order valence-electron chi connectivity index (χ2n) is 8.25. The van der Waals surface area contributed by atoms with E-state index in [0.29, 0.717) is 17.7 Å². The van der Waals surface area contributed by atoms with Gasteiger partial charge in [-0.1, -0.05) is 61.2 Å². The van der Waals surface area contributed by atoms with Crippen molar-refractivity contribution in [3.8, 4) is 5.75 Å². The van der Waals surface area contributed by atoms with E-state index in [0.717, 1.165) is 27.7 Å². The summed E-state index contributed by atoms with van der Waals surface area (Å²) < 4.78 is 10.5. The van der Waals surface area contributed by atoms with Gasteiger partial charge in [-0.15, -0.1) is 0 Å². The molecule has 35 heavy (non-hydrogen) atoms. The van der Waals surface area contributed by atoms with Gasteiger partial charge < -0.3 is 19.7 Å². The van der Waals surface area contributed by atoms with Gasteiger partial charge in [-0.2, -0.15) is 0 Å². The lowest BCUT2D eigenvalue weighted by molar-refractivity contribution is -0.136. The normalized spacial score (nSPS) is 17.8. The van der Waals surface area contributed by atoms with Crippen LogP contribution in [0.1, 0.15) is 49.9 Å². The molecule has 0 spiro atoms. The van der Waals surface area contributed by atoms with E-state index in [9.17, 15) is 9.59 Å². The molecule has 0 aliphatic carbocycles. The maximum atomic E-state index is 13.0. The van der Waals surface area contributed by atoms with Gasteiger partial charge in [0, 0.05) is 5.70 Å². The van der Waals surface area contributed by atoms with Crippen molar-refractivity contribution in [2.45, 2.75) is 38.8 Å². The monoisotopic (exact) mass is 491 g/mol. The van der Waals surface area contributed by atoms with Crippen LogP contribution in [0.4, 0.5) is 0 Å². The molecule has 8 heteroatoms. The van der Waals surface area contributed by atoms with E-state index in [1.54, 1.807) is 7.11 Å². The predicted octanol–water partition coefficient (Wildman–Crippen LogP) is 5.10. The van der Waals surface area contributed by atoms with Crippen molar-refractivity contribution in [1.82, 2.24) is 10.2 Å². The number of amides is 1. The molecule has 0 bridgehead atoms. The summed E-state index contributed by atoms with van der Waals surface area (Å²) in [6, 6.07) is 16.8. The van der Waals surface area contributed by atoms with Gasteiger partial charge in [0.15, 0.2) is 5.17 Å². The van der Waals surface area contributed by atoms with Crippen LogP contribution in [0.3, 0.4) is 0 Å². The molecule has 7 nitrogen and oxygen atoms in total. The number of rotatable bonds is 8. The smallest absolute Gasteiger partial charge is 0.338 e. The summed E-state index contributed by atoms with van der Waals surface area (Å²) in [5, 5.41) is 5.76. The number of carbonyl (C=O) groups is 2. The highest BCUT2D eigenvalue weighted by Gasteiger charge is 2.41. The van der Waals surface area contributed by atoms with E-state index in [1.807, 2.05) is 78.8 Å². The first-order valence-corrected chi connectivity index (χ1v) is 12.4. The zero-order valence-corrected chi connectivity index (χ0v) is 21.1. The molecule has 182 valence electrons. The molecule has 0 radical (unpaired) electrons. The molecular weight excluding hydrogens is 462 g/mol. The fourth-order valence-electron chi connectivity index (χ4n) is 4.30. The molecule has 1 amide bonds. The standard InChI is InChI=1S/C27H29N3O4S/c1-5-22-24(26(32)34-4)25(19-11-13-21(33-3)14-12-19)30-20(16-35-27(30)29-22)15-23(31)28-17(2)18-9-7-6-8-10-18/h6-14,16-17,25H,5,15H2,1-4H3,(H,28,31)/t17-,25+/m1/s1. The van der Waals surface area contributed by atoms with E-state index in [-0.39, 0.29) is 18.4 Å². The molecule has 0 saturated heterocycles. The van der Waals surface area contributed by atoms with Gasteiger partial charge in [0.05, 0.1) is 44.0 Å². The first-order valence-electron chi connectivity index (χ1n) is 11.5. The third-order valence-electron chi connectivity index (χ3n) is 6.08. The highest BCUT2D eigenvalue weighted by molar-refractivity contribution is 8.16. The highest BCUT2D eigenvalue weighted by Crippen LogP contribution is 2.45. The molecule has 2 aromatic rings. The van der Waals surface area contributed by atoms with Crippen molar-refractivity contribution in [2.24, 2.45) is 4.99 Å². The van der Waals surface area contributed by atoms with Gasteiger partial charge in [0.1, 0.15) is 5.75 Å². The zero-order chi connectivity index (χ0) is 24.9. The Morgan fingerprint density at radius 3 is 2.46 bits per heavy atom. The molecule has 4 rings (SSSR count). The van der Waals surface area contributed by atoms with Crippen LogP contribution in [0.25, 0.3) is 0 Å². The van der Waals surface area contributed by atoms with Gasteiger partial charge in [-0.3, -0.25) is 4.79 Å². The number of allylic oxidation sites excluding steroid dienone is 1. The number of methoxy groups -OCH3 is 2. The summed E-state index contributed by atoms with van der Waals surface area (Å²) in [4.78, 5) is 32.7. The molecule has 2 atom stereocenters. The lowest BCUT2D eigenvalue weighted by atomic mass is 9.92. The Morgan fingerprint density at radius 1 is 1.11 bits per heavy atom. The van der Waals surface area contributed by atoms with Gasteiger partial charge >= 0.3 is 5.97 Å². The average molecular weight is 492 g/mol. The minimum absolute atomic E-state index is 0.104. The van der Waals surface area contributed by atoms with Crippen LogP contribution in [0.2, 0.25) is 0 Å². The van der Waals surface area contributed by atoms with Crippen LogP contribution < -0.4 is 10.1 Å². The number of aliphatic imine (C=N–C) groups is 1. The largest absolute Gasteiger partial charge is 0.497 e. The number of hydrogen-bond donors (Lipinski definition) is 1. The molecule has 2 aliphatic heterocycles. The van der Waals surface area contributed by atoms with Gasteiger partial charge in [-0.05, 0) is 42.0 Å². The number of benzene rings is 2. The van der Waals surface area contributed by atoms with Crippen LogP contribution in [-0.4, -0.2) is 36.2 Å². The third kappa shape index (κ3) is 5.12. The predicted molar refractivity (Wildman–Crippen MR) is 138 cm³/mol. The molecule has 2 heterocycles. The Bertz CT molecular complexity index is 1190. The zero-order valence-electron chi connectivity index (χ0n) is 20.3. The second-order valence-corrected chi connectivity index (χ2v) is 9.09. The number of carbonyl (C=O) groups excluding carboxylic acids is 2. The summed E-state index contributed by atoms with van der Waals surface area (Å²) in [6.45, 7) is 3.93. The van der Waals surface area contributed by atoms with Gasteiger partial charge in [0.2, 0.25) is 5.91 Å². The molecular formula is C27H29N3O4S. The van der Waals surface area contributed by atoms with E-state index in [1.165, 1.54) is 18.9 Å². The van der Waals surface area contributed by atoms with Gasteiger partial charge in [0.25, 0.3) is 0 Å². The van der Waals surface area contributed by atoms with Crippen LogP contribution in [-0.2, 0) is 14.3 Å². The number of esters is 1. The SMILES string of the molecule is CCC1=C(C(=O)OC)[C@H](c2ccc(OC)cc2)N2C(CC(=O)N[C@H](C)c3ccccc3)=CSC2=N1. The minimum atomic E-state index is -0.462. The minimum Gasteiger partial charge on any atom is -0.497 e. The molecule has 0 unspecified atom stereocenters. The summed E-state index contributed by atoms with van der Waals surface area (Å²) in [7, 11) is 2.99. The summed E-state index contributed by atoms with van der Waals surface area (Å²) >= 11 is 1.46. The van der Waals surface area contributed by atoms with Crippen molar-refractivity contribution in [3.05, 3.63) is 88.1 Å². The maximum absolute atomic E-state index is 13.0. The van der Waals surface area contributed by atoms with E-state index in [4.69, 9.17) is 14.5 Å². The van der Waals surface area contributed by atoms with Crippen molar-refractivity contribution < 1.29 is 19.1 Å².